The number of fused-ring (bicyclic) bond motifs is 1. The van der Waals surface area contributed by atoms with Crippen molar-refractivity contribution < 1.29 is 14.7 Å². The van der Waals surface area contributed by atoms with E-state index in [1.165, 1.54) is 17.5 Å². The second-order valence-corrected chi connectivity index (χ2v) is 11.1. The minimum atomic E-state index is -0.587. The van der Waals surface area contributed by atoms with Gasteiger partial charge in [0.2, 0.25) is 5.91 Å². The average molecular weight is 491 g/mol. The molecular formula is C27H34N6O3. The molecule has 2 amide bonds. The molecule has 9 nitrogen and oxygen atoms in total. The van der Waals surface area contributed by atoms with E-state index in [2.05, 4.69) is 44.5 Å². The van der Waals surface area contributed by atoms with Crippen LogP contribution in [0.1, 0.15) is 47.8 Å². The summed E-state index contributed by atoms with van der Waals surface area (Å²) in [6, 6.07) is 10.6. The number of carbonyl (C=O) groups is 2. The molecule has 3 aliphatic heterocycles. The lowest BCUT2D eigenvalue weighted by molar-refractivity contribution is -0.147. The molecule has 36 heavy (non-hydrogen) atoms. The molecule has 3 fully saturated rings. The third kappa shape index (κ3) is 4.35. The number of nitrogens with zero attached hydrogens (tertiary/aromatic N) is 5. The maximum atomic E-state index is 13.2. The van der Waals surface area contributed by atoms with E-state index in [0.717, 1.165) is 51.9 Å². The van der Waals surface area contributed by atoms with Gasteiger partial charge < -0.3 is 20.2 Å². The minimum absolute atomic E-state index is 0.0569. The normalized spacial score (nSPS) is 25.6. The number of carbonyl (C=O) groups excluding carboxylic acids is 2. The van der Waals surface area contributed by atoms with Gasteiger partial charge in [-0.3, -0.25) is 14.5 Å². The van der Waals surface area contributed by atoms with Crippen molar-refractivity contribution in [1.82, 2.24) is 24.7 Å². The van der Waals surface area contributed by atoms with Gasteiger partial charge in [0.05, 0.1) is 6.10 Å². The molecule has 6 rings (SSSR count). The van der Waals surface area contributed by atoms with Gasteiger partial charge in [0, 0.05) is 69.8 Å². The van der Waals surface area contributed by atoms with Crippen molar-refractivity contribution in [2.45, 2.75) is 57.3 Å². The molecule has 2 atom stereocenters. The molecule has 1 aromatic heterocycles. The first kappa shape index (κ1) is 23.4. The van der Waals surface area contributed by atoms with E-state index in [0.29, 0.717) is 30.6 Å². The van der Waals surface area contributed by atoms with E-state index in [1.54, 1.807) is 17.9 Å². The van der Waals surface area contributed by atoms with Crippen LogP contribution in [0.2, 0.25) is 0 Å². The lowest BCUT2D eigenvalue weighted by atomic mass is 9.60. The minimum Gasteiger partial charge on any atom is -0.390 e. The summed E-state index contributed by atoms with van der Waals surface area (Å²) >= 11 is 0. The van der Waals surface area contributed by atoms with Crippen molar-refractivity contribution in [3.05, 3.63) is 53.5 Å². The van der Waals surface area contributed by atoms with Crippen LogP contribution >= 0.6 is 0 Å². The number of anilines is 1. The molecule has 1 spiro atoms. The molecule has 2 saturated heterocycles. The highest BCUT2D eigenvalue weighted by molar-refractivity contribution is 5.93. The summed E-state index contributed by atoms with van der Waals surface area (Å²) in [5, 5.41) is 14.4. The molecule has 1 aliphatic carbocycles. The van der Waals surface area contributed by atoms with Crippen LogP contribution in [0.5, 0.6) is 0 Å². The average Bonchev–Trinajstić information content (AvgIpc) is 2.83. The number of aliphatic hydroxyl groups is 1. The second kappa shape index (κ2) is 9.12. The van der Waals surface area contributed by atoms with Crippen molar-refractivity contribution in [3.8, 4) is 0 Å². The van der Waals surface area contributed by atoms with Gasteiger partial charge in [-0.25, -0.2) is 9.97 Å². The molecule has 4 aliphatic rings. The molecule has 2 aromatic rings. The van der Waals surface area contributed by atoms with Crippen LogP contribution in [0.4, 0.5) is 5.82 Å². The predicted molar refractivity (Wildman–Crippen MR) is 134 cm³/mol. The number of likely N-dealkylation sites (tertiary alicyclic amines) is 2. The van der Waals surface area contributed by atoms with E-state index in [9.17, 15) is 14.7 Å². The second-order valence-electron chi connectivity index (χ2n) is 11.1. The van der Waals surface area contributed by atoms with Crippen molar-refractivity contribution in [2.75, 3.05) is 38.0 Å². The summed E-state index contributed by atoms with van der Waals surface area (Å²) in [5.41, 5.74) is 3.34. The van der Waals surface area contributed by atoms with Crippen molar-refractivity contribution in [2.24, 2.45) is 5.41 Å². The Labute approximate surface area is 211 Å². The number of benzene rings is 1. The lowest BCUT2D eigenvalue weighted by Gasteiger charge is -2.59. The molecule has 9 heteroatoms. The maximum absolute atomic E-state index is 13.2. The Morgan fingerprint density at radius 1 is 1.08 bits per heavy atom. The molecular weight excluding hydrogens is 456 g/mol. The number of aromatic nitrogens is 2. The maximum Gasteiger partial charge on any atom is 0.272 e. The molecule has 190 valence electrons. The Balaban J connectivity index is 1.03. The smallest absolute Gasteiger partial charge is 0.272 e. The zero-order chi connectivity index (χ0) is 24.9. The number of rotatable bonds is 4. The van der Waals surface area contributed by atoms with Gasteiger partial charge in [0.25, 0.3) is 5.91 Å². The Hall–Kier alpha value is -3.04. The van der Waals surface area contributed by atoms with E-state index >= 15 is 0 Å². The van der Waals surface area contributed by atoms with Crippen molar-refractivity contribution in [1.29, 1.82) is 0 Å². The van der Waals surface area contributed by atoms with Crippen LogP contribution in [-0.2, 0) is 17.8 Å². The summed E-state index contributed by atoms with van der Waals surface area (Å²) in [6.45, 7) is 6.00. The van der Waals surface area contributed by atoms with Gasteiger partial charge in [-0.15, -0.1) is 0 Å². The number of amides is 2. The summed E-state index contributed by atoms with van der Waals surface area (Å²) in [4.78, 5) is 39.2. The monoisotopic (exact) mass is 490 g/mol. The molecule has 1 unspecified atom stereocenters. The fourth-order valence-corrected chi connectivity index (χ4v) is 6.59. The zero-order valence-electron chi connectivity index (χ0n) is 20.8. The molecule has 1 aromatic carbocycles. The first-order valence-corrected chi connectivity index (χ1v) is 13.0. The summed E-state index contributed by atoms with van der Waals surface area (Å²) in [5.74, 6) is 0.632. The molecule has 0 bridgehead atoms. The molecule has 2 N–H and O–H groups in total. The Morgan fingerprint density at radius 3 is 2.61 bits per heavy atom. The highest BCUT2D eigenvalue weighted by Crippen LogP contribution is 2.49. The number of aliphatic hydroxyl groups excluding tert-OH is 1. The largest absolute Gasteiger partial charge is 0.390 e. The Morgan fingerprint density at radius 2 is 1.86 bits per heavy atom. The van der Waals surface area contributed by atoms with Gasteiger partial charge in [-0.2, -0.15) is 0 Å². The zero-order valence-corrected chi connectivity index (χ0v) is 20.8. The molecule has 0 radical (unpaired) electrons. The van der Waals surface area contributed by atoms with Crippen molar-refractivity contribution >= 4 is 17.6 Å². The van der Waals surface area contributed by atoms with Crippen molar-refractivity contribution in [3.63, 3.8) is 0 Å². The van der Waals surface area contributed by atoms with Gasteiger partial charge in [-0.1, -0.05) is 24.3 Å². The molecule has 1 saturated carbocycles. The van der Waals surface area contributed by atoms with Crippen LogP contribution in [0, 0.1) is 5.41 Å². The number of hydrogen-bond donors (Lipinski definition) is 2. The van der Waals surface area contributed by atoms with E-state index in [4.69, 9.17) is 0 Å². The Kier molecular flexibility index (Phi) is 5.92. The van der Waals surface area contributed by atoms with Crippen LogP contribution in [0.25, 0.3) is 0 Å². The van der Waals surface area contributed by atoms with Crippen LogP contribution in [0.15, 0.2) is 36.7 Å². The fraction of sp³-hybridized carbons (Fsp3) is 0.556. The fourth-order valence-electron chi connectivity index (χ4n) is 6.59. The molecule has 4 heterocycles. The van der Waals surface area contributed by atoms with Gasteiger partial charge >= 0.3 is 0 Å². The van der Waals surface area contributed by atoms with E-state index in [-0.39, 0.29) is 23.3 Å². The predicted octanol–water partition coefficient (Wildman–Crippen LogP) is 1.53. The SMILES string of the molecule is CC(=O)N1CC2(CC(Nc3cc(C(=O)N4CCC(N5CCc6ccccc6C5)[C@@H](O)C4)ncn3)C2)C1. The first-order valence-electron chi connectivity index (χ1n) is 13.0. The highest BCUT2D eigenvalue weighted by atomic mass is 16.3. The quantitative estimate of drug-likeness (QED) is 0.670. The summed E-state index contributed by atoms with van der Waals surface area (Å²) in [6.07, 6.45) is 4.59. The van der Waals surface area contributed by atoms with Crippen LogP contribution < -0.4 is 5.32 Å². The van der Waals surface area contributed by atoms with Crippen LogP contribution in [0.3, 0.4) is 0 Å². The van der Waals surface area contributed by atoms with E-state index in [1.807, 2.05) is 4.90 Å². The number of β-amino-alcohol motifs (C(OH)–C–C–N with tert-alkyl or cyclic N) is 1. The third-order valence-corrected chi connectivity index (χ3v) is 8.56. The lowest BCUT2D eigenvalue weighted by Crippen LogP contribution is -2.65. The number of nitrogens with one attached hydrogen (secondary N) is 1. The van der Waals surface area contributed by atoms with Gasteiger partial charge in [0.15, 0.2) is 0 Å². The first-order chi connectivity index (χ1) is 17.4. The number of hydrogen-bond acceptors (Lipinski definition) is 7. The highest BCUT2D eigenvalue weighted by Gasteiger charge is 2.53. The third-order valence-electron chi connectivity index (χ3n) is 8.56. The van der Waals surface area contributed by atoms with Gasteiger partial charge in [-0.05, 0) is 36.8 Å². The van der Waals surface area contributed by atoms with E-state index < -0.39 is 6.10 Å². The van der Waals surface area contributed by atoms with Crippen LogP contribution in [-0.4, -0.2) is 92.5 Å². The topological polar surface area (TPSA) is 102 Å². The van der Waals surface area contributed by atoms with Gasteiger partial charge in [0.1, 0.15) is 17.8 Å². The Bertz CT molecular complexity index is 1160. The summed E-state index contributed by atoms with van der Waals surface area (Å²) < 4.78 is 0. The number of piperidine rings is 1. The summed E-state index contributed by atoms with van der Waals surface area (Å²) in [7, 11) is 0. The standard InChI is InChI=1S/C27H34N6O3/c1-18(34)33-15-27(16-33)11-21(12-27)30-25-10-22(28-17-29-25)26(36)32-9-7-23(24(35)14-32)31-8-6-19-4-2-3-5-20(19)13-31/h2-5,10,17,21,23-24,35H,6-9,11-16H2,1H3,(H,28,29,30)/t23?,24-/m0/s1.